The number of amides is 2. The summed E-state index contributed by atoms with van der Waals surface area (Å²) in [5, 5.41) is 13.6. The molecule has 2 aromatic carbocycles. The molecular weight excluding hydrogens is 389 g/mol. The maximum atomic E-state index is 12.4. The molecule has 0 saturated heterocycles. The Hall–Kier alpha value is -2.77. The van der Waals surface area contributed by atoms with E-state index >= 15 is 0 Å². The molecule has 3 aromatic rings. The average Bonchev–Trinajstić information content (AvgIpc) is 3.14. The van der Waals surface area contributed by atoms with Crippen molar-refractivity contribution in [2.24, 2.45) is 0 Å². The molecule has 0 saturated carbocycles. The molecule has 3 N–H and O–H groups in total. The largest absolute Gasteiger partial charge is 0.341 e. The van der Waals surface area contributed by atoms with Crippen molar-refractivity contribution in [2.75, 3.05) is 17.7 Å². The zero-order valence-corrected chi connectivity index (χ0v) is 15.9. The summed E-state index contributed by atoms with van der Waals surface area (Å²) in [6.07, 6.45) is 0.466. The Morgan fingerprint density at radius 1 is 1.07 bits per heavy atom. The fourth-order valence-corrected chi connectivity index (χ4v) is 2.65. The molecule has 27 heavy (non-hydrogen) atoms. The average molecular weight is 406 g/mol. The third-order valence-electron chi connectivity index (χ3n) is 3.73. The molecule has 0 fully saturated rings. The third kappa shape index (κ3) is 5.35. The first-order valence-corrected chi connectivity index (χ1v) is 8.88. The number of hydrogen-bond donors (Lipinski definition) is 3. The molecule has 1 heterocycles. The van der Waals surface area contributed by atoms with Crippen LogP contribution in [0.15, 0.2) is 53.1 Å². The molecule has 2 amide bonds. The highest BCUT2D eigenvalue weighted by molar-refractivity contribution is 6.30. The van der Waals surface area contributed by atoms with Crippen LogP contribution in [0, 0.1) is 0 Å². The molecule has 1 atom stereocenters. The number of benzene rings is 2. The van der Waals surface area contributed by atoms with Gasteiger partial charge in [-0.15, -0.1) is 0 Å². The molecule has 7 nitrogen and oxygen atoms in total. The van der Waals surface area contributed by atoms with Crippen molar-refractivity contribution in [1.82, 2.24) is 15.5 Å². The van der Waals surface area contributed by atoms with Gasteiger partial charge in [-0.2, -0.15) is 4.98 Å². The van der Waals surface area contributed by atoms with Crippen LogP contribution < -0.4 is 16.0 Å². The minimum absolute atomic E-state index is 0.269. The lowest BCUT2D eigenvalue weighted by molar-refractivity contribution is 0.247. The number of anilines is 2. The van der Waals surface area contributed by atoms with Gasteiger partial charge in [0.15, 0.2) is 5.82 Å². The van der Waals surface area contributed by atoms with E-state index in [0.29, 0.717) is 28.0 Å². The van der Waals surface area contributed by atoms with Crippen LogP contribution in [-0.2, 0) is 6.42 Å². The first-order chi connectivity index (χ1) is 13.0. The van der Waals surface area contributed by atoms with E-state index in [-0.39, 0.29) is 6.01 Å². The lowest BCUT2D eigenvalue weighted by atomic mass is 10.1. The van der Waals surface area contributed by atoms with Crippen molar-refractivity contribution in [3.63, 3.8) is 0 Å². The van der Waals surface area contributed by atoms with Crippen molar-refractivity contribution in [3.8, 4) is 0 Å². The highest BCUT2D eigenvalue weighted by Crippen LogP contribution is 2.20. The van der Waals surface area contributed by atoms with Crippen LogP contribution in [0.4, 0.5) is 16.5 Å². The van der Waals surface area contributed by atoms with E-state index in [2.05, 4.69) is 26.1 Å². The molecule has 1 aromatic heterocycles. The van der Waals surface area contributed by atoms with E-state index in [9.17, 15) is 4.79 Å². The Kier molecular flexibility index (Phi) is 6.16. The smallest absolute Gasteiger partial charge is 0.321 e. The molecule has 0 radical (unpaired) electrons. The molecular formula is C18H17Cl2N5O2. The zero-order valence-electron chi connectivity index (χ0n) is 14.4. The van der Waals surface area contributed by atoms with Crippen molar-refractivity contribution in [1.29, 1.82) is 0 Å². The van der Waals surface area contributed by atoms with E-state index in [1.807, 2.05) is 12.1 Å². The minimum Gasteiger partial charge on any atom is -0.341 e. The summed E-state index contributed by atoms with van der Waals surface area (Å²) in [5.74, 6) is 0.362. The van der Waals surface area contributed by atoms with Gasteiger partial charge in [0.2, 0.25) is 0 Å². The summed E-state index contributed by atoms with van der Waals surface area (Å²) >= 11 is 11.8. The van der Waals surface area contributed by atoms with E-state index < -0.39 is 12.1 Å². The standard InChI is InChI=1S/C18H17Cl2N5O2/c1-21-18-24-16(25-27-18)15(10-11-2-4-12(19)5-3-11)23-17(26)22-14-8-6-13(20)7-9-14/h2-9,15H,10H2,1H3,(H,21,24,25)(H2,22,23,26)/t15-/m0/s1. The number of hydrogen-bond acceptors (Lipinski definition) is 5. The predicted molar refractivity (Wildman–Crippen MR) is 105 cm³/mol. The number of halogens is 2. The van der Waals surface area contributed by atoms with Gasteiger partial charge in [-0.3, -0.25) is 0 Å². The topological polar surface area (TPSA) is 92.1 Å². The van der Waals surface area contributed by atoms with Crippen LogP contribution in [-0.4, -0.2) is 23.2 Å². The quantitative estimate of drug-likeness (QED) is 0.560. The lowest BCUT2D eigenvalue weighted by Gasteiger charge is -2.16. The van der Waals surface area contributed by atoms with Gasteiger partial charge >= 0.3 is 12.0 Å². The Morgan fingerprint density at radius 2 is 1.70 bits per heavy atom. The molecule has 0 aliphatic carbocycles. The molecule has 0 bridgehead atoms. The van der Waals surface area contributed by atoms with E-state index in [0.717, 1.165) is 5.56 Å². The molecule has 0 aliphatic heterocycles. The highest BCUT2D eigenvalue weighted by atomic mass is 35.5. The van der Waals surface area contributed by atoms with Crippen LogP contribution in [0.5, 0.6) is 0 Å². The normalized spacial score (nSPS) is 11.7. The number of rotatable bonds is 6. The predicted octanol–water partition coefficient (Wildman–Crippen LogP) is 4.52. The maximum Gasteiger partial charge on any atom is 0.321 e. The number of urea groups is 1. The van der Waals surface area contributed by atoms with Crippen molar-refractivity contribution in [3.05, 3.63) is 70.0 Å². The van der Waals surface area contributed by atoms with Gasteiger partial charge in [-0.25, -0.2) is 4.79 Å². The fraction of sp³-hybridized carbons (Fsp3) is 0.167. The van der Waals surface area contributed by atoms with E-state index in [1.54, 1.807) is 43.4 Å². The fourth-order valence-electron chi connectivity index (χ4n) is 2.40. The second-order valence-electron chi connectivity index (χ2n) is 5.70. The van der Waals surface area contributed by atoms with Gasteiger partial charge in [0.25, 0.3) is 0 Å². The second-order valence-corrected chi connectivity index (χ2v) is 6.57. The molecule has 0 unspecified atom stereocenters. The Bertz CT molecular complexity index is 897. The number of carbonyl (C=O) groups excluding carboxylic acids is 1. The first kappa shape index (κ1) is 19.0. The molecule has 0 aliphatic rings. The molecule has 9 heteroatoms. The lowest BCUT2D eigenvalue weighted by Crippen LogP contribution is -2.34. The number of nitrogens with zero attached hydrogens (tertiary/aromatic N) is 2. The second kappa shape index (κ2) is 8.75. The Morgan fingerprint density at radius 3 is 2.30 bits per heavy atom. The monoisotopic (exact) mass is 405 g/mol. The van der Waals surface area contributed by atoms with Crippen LogP contribution in [0.25, 0.3) is 0 Å². The molecule has 0 spiro atoms. The van der Waals surface area contributed by atoms with Gasteiger partial charge in [0, 0.05) is 29.2 Å². The molecule has 140 valence electrons. The summed E-state index contributed by atoms with van der Waals surface area (Å²) < 4.78 is 5.08. The van der Waals surface area contributed by atoms with E-state index in [4.69, 9.17) is 27.7 Å². The zero-order chi connectivity index (χ0) is 19.2. The summed E-state index contributed by atoms with van der Waals surface area (Å²) in [6, 6.07) is 13.5. The summed E-state index contributed by atoms with van der Waals surface area (Å²) in [7, 11) is 1.67. The highest BCUT2D eigenvalue weighted by Gasteiger charge is 2.21. The van der Waals surface area contributed by atoms with Crippen LogP contribution in [0.1, 0.15) is 17.4 Å². The first-order valence-electron chi connectivity index (χ1n) is 8.12. The van der Waals surface area contributed by atoms with Gasteiger partial charge in [0.1, 0.15) is 0 Å². The van der Waals surface area contributed by atoms with Crippen LogP contribution in [0.3, 0.4) is 0 Å². The van der Waals surface area contributed by atoms with Gasteiger partial charge < -0.3 is 20.5 Å². The van der Waals surface area contributed by atoms with Crippen molar-refractivity contribution < 1.29 is 9.32 Å². The summed E-state index contributed by atoms with van der Waals surface area (Å²) in [5.41, 5.74) is 1.58. The number of nitrogens with one attached hydrogen (secondary N) is 3. The van der Waals surface area contributed by atoms with Crippen LogP contribution in [0.2, 0.25) is 10.0 Å². The van der Waals surface area contributed by atoms with Gasteiger partial charge in [-0.1, -0.05) is 40.5 Å². The van der Waals surface area contributed by atoms with Gasteiger partial charge in [0.05, 0.1) is 6.04 Å². The Balaban J connectivity index is 1.74. The van der Waals surface area contributed by atoms with Crippen molar-refractivity contribution >= 4 is 40.9 Å². The summed E-state index contributed by atoms with van der Waals surface area (Å²) in [6.45, 7) is 0. The summed E-state index contributed by atoms with van der Waals surface area (Å²) in [4.78, 5) is 16.7. The molecule has 3 rings (SSSR count). The van der Waals surface area contributed by atoms with Crippen LogP contribution >= 0.6 is 23.2 Å². The number of carbonyl (C=O) groups is 1. The van der Waals surface area contributed by atoms with Gasteiger partial charge in [-0.05, 0) is 42.0 Å². The van der Waals surface area contributed by atoms with E-state index in [1.165, 1.54) is 0 Å². The maximum absolute atomic E-state index is 12.4. The third-order valence-corrected chi connectivity index (χ3v) is 4.23. The SMILES string of the molecule is CNc1nc([C@H](Cc2ccc(Cl)cc2)NC(=O)Nc2ccc(Cl)cc2)no1. The van der Waals surface area contributed by atoms with Crippen molar-refractivity contribution in [2.45, 2.75) is 12.5 Å². The number of aromatic nitrogens is 2. The Labute approximate surface area is 166 Å². The minimum atomic E-state index is -0.496.